The molecule has 0 bridgehead atoms. The van der Waals surface area contributed by atoms with Crippen LogP contribution >= 0.6 is 0 Å². The van der Waals surface area contributed by atoms with Crippen LogP contribution in [-0.4, -0.2) is 21.2 Å². The molecule has 2 aromatic carbocycles. The molecule has 0 saturated heterocycles. The summed E-state index contributed by atoms with van der Waals surface area (Å²) in [5.41, 5.74) is 2.47. The van der Waals surface area contributed by atoms with Crippen LogP contribution in [-0.2, 0) is 0 Å². The molecular weight excluding hydrogens is 317 g/mol. The lowest BCUT2D eigenvalue weighted by Crippen LogP contribution is -2.25. The van der Waals surface area contributed by atoms with Gasteiger partial charge < -0.3 is 15.0 Å². The Morgan fingerprint density at radius 2 is 1.88 bits per heavy atom. The topological polar surface area (TPSA) is 50.1 Å². The molecule has 2 atom stereocenters. The Morgan fingerprint density at radius 1 is 1.16 bits per heavy atom. The van der Waals surface area contributed by atoms with Gasteiger partial charge in [-0.2, -0.15) is 0 Å². The maximum atomic E-state index is 13.7. The molecule has 0 radical (unpaired) electrons. The van der Waals surface area contributed by atoms with E-state index in [-0.39, 0.29) is 18.4 Å². The van der Waals surface area contributed by atoms with Gasteiger partial charge in [-0.05, 0) is 37.6 Å². The van der Waals surface area contributed by atoms with E-state index in [0.717, 1.165) is 17.1 Å². The van der Waals surface area contributed by atoms with E-state index in [9.17, 15) is 9.50 Å². The molecule has 5 heteroatoms. The van der Waals surface area contributed by atoms with Gasteiger partial charge in [0.15, 0.2) is 0 Å². The zero-order valence-electron chi connectivity index (χ0n) is 14.4. The number of aryl methyl sites for hydroxylation is 1. The van der Waals surface area contributed by atoms with Crippen LogP contribution in [0.1, 0.15) is 36.0 Å². The van der Waals surface area contributed by atoms with E-state index in [1.807, 2.05) is 48.9 Å². The summed E-state index contributed by atoms with van der Waals surface area (Å²) in [7, 11) is 0. The van der Waals surface area contributed by atoms with Gasteiger partial charge in [0.2, 0.25) is 0 Å². The van der Waals surface area contributed by atoms with E-state index in [1.54, 1.807) is 24.4 Å². The molecule has 4 nitrogen and oxygen atoms in total. The van der Waals surface area contributed by atoms with Crippen LogP contribution in [0.2, 0.25) is 0 Å². The summed E-state index contributed by atoms with van der Waals surface area (Å²) in [5.74, 6) is 0.552. The molecule has 1 heterocycles. The first-order chi connectivity index (χ1) is 12.1. The van der Waals surface area contributed by atoms with Crippen LogP contribution in [0.15, 0.2) is 60.9 Å². The zero-order valence-corrected chi connectivity index (χ0v) is 14.4. The third-order valence-electron chi connectivity index (χ3n) is 4.38. The summed E-state index contributed by atoms with van der Waals surface area (Å²) >= 11 is 0. The van der Waals surface area contributed by atoms with E-state index in [4.69, 9.17) is 0 Å². The lowest BCUT2D eigenvalue weighted by molar-refractivity contribution is 0.166. The first-order valence-electron chi connectivity index (χ1n) is 8.32. The van der Waals surface area contributed by atoms with Crippen molar-refractivity contribution < 1.29 is 9.50 Å². The molecular formula is C20H22FN3O. The average Bonchev–Trinajstić information content (AvgIpc) is 3.06. The number of aliphatic hydroxyl groups is 1. The van der Waals surface area contributed by atoms with Gasteiger partial charge in [-0.25, -0.2) is 9.37 Å². The van der Waals surface area contributed by atoms with Gasteiger partial charge in [0.1, 0.15) is 11.6 Å². The van der Waals surface area contributed by atoms with Crippen molar-refractivity contribution in [3.8, 4) is 5.69 Å². The van der Waals surface area contributed by atoms with Crippen LogP contribution in [0.3, 0.4) is 0 Å². The molecule has 0 spiro atoms. The highest BCUT2D eigenvalue weighted by atomic mass is 19.1. The van der Waals surface area contributed by atoms with E-state index in [2.05, 4.69) is 10.3 Å². The second kappa shape index (κ2) is 7.59. The third-order valence-corrected chi connectivity index (χ3v) is 4.38. The van der Waals surface area contributed by atoms with Gasteiger partial charge in [-0.15, -0.1) is 0 Å². The smallest absolute Gasteiger partial charge is 0.129 e. The Balaban J connectivity index is 1.63. The Kier molecular flexibility index (Phi) is 5.26. The normalized spacial score (nSPS) is 13.6. The summed E-state index contributed by atoms with van der Waals surface area (Å²) in [6.07, 6.45) is 2.82. The Bertz CT molecular complexity index is 829. The highest BCUT2D eigenvalue weighted by Crippen LogP contribution is 2.19. The quantitative estimate of drug-likeness (QED) is 0.720. The molecule has 130 valence electrons. The van der Waals surface area contributed by atoms with E-state index in [1.165, 1.54) is 6.07 Å². The van der Waals surface area contributed by atoms with Crippen molar-refractivity contribution in [1.29, 1.82) is 0 Å². The van der Waals surface area contributed by atoms with E-state index >= 15 is 0 Å². The maximum absolute atomic E-state index is 13.7. The number of aromatic nitrogens is 2. The molecule has 3 aromatic rings. The fourth-order valence-electron chi connectivity index (χ4n) is 2.84. The molecule has 25 heavy (non-hydrogen) atoms. The number of rotatable bonds is 6. The number of halogens is 1. The van der Waals surface area contributed by atoms with Crippen LogP contribution in [0.25, 0.3) is 5.69 Å². The lowest BCUT2D eigenvalue weighted by atomic mass is 10.1. The number of hydrogen-bond donors (Lipinski definition) is 2. The SMILES string of the molecule is Cc1nccn1-c1ccc(C(C)NCC(O)c2ccccc2F)cc1. The number of benzene rings is 2. The summed E-state index contributed by atoms with van der Waals surface area (Å²) in [5, 5.41) is 13.4. The molecule has 0 saturated carbocycles. The predicted molar refractivity (Wildman–Crippen MR) is 96.1 cm³/mol. The predicted octanol–water partition coefficient (Wildman–Crippen LogP) is 3.70. The minimum atomic E-state index is -0.878. The van der Waals surface area contributed by atoms with Crippen molar-refractivity contribution in [1.82, 2.24) is 14.9 Å². The fourth-order valence-corrected chi connectivity index (χ4v) is 2.84. The van der Waals surface area contributed by atoms with Gasteiger partial charge in [0.05, 0.1) is 6.10 Å². The Hall–Kier alpha value is -2.50. The first kappa shape index (κ1) is 17.3. The summed E-state index contributed by atoms with van der Waals surface area (Å²) in [6.45, 7) is 4.26. The number of hydrogen-bond acceptors (Lipinski definition) is 3. The van der Waals surface area contributed by atoms with Crippen LogP contribution in [0.4, 0.5) is 4.39 Å². The van der Waals surface area contributed by atoms with Crippen LogP contribution in [0.5, 0.6) is 0 Å². The second-order valence-corrected chi connectivity index (χ2v) is 6.10. The summed E-state index contributed by atoms with van der Waals surface area (Å²) in [4.78, 5) is 4.23. The fraction of sp³-hybridized carbons (Fsp3) is 0.250. The summed E-state index contributed by atoms with van der Waals surface area (Å²) in [6, 6.07) is 14.5. The Morgan fingerprint density at radius 3 is 2.52 bits per heavy atom. The minimum absolute atomic E-state index is 0.0411. The third kappa shape index (κ3) is 3.95. The largest absolute Gasteiger partial charge is 0.387 e. The lowest BCUT2D eigenvalue weighted by Gasteiger charge is -2.18. The molecule has 3 rings (SSSR count). The monoisotopic (exact) mass is 339 g/mol. The summed E-state index contributed by atoms with van der Waals surface area (Å²) < 4.78 is 15.7. The van der Waals surface area contributed by atoms with E-state index in [0.29, 0.717) is 5.56 Å². The molecule has 2 unspecified atom stereocenters. The van der Waals surface area contributed by atoms with E-state index < -0.39 is 6.10 Å². The Labute approximate surface area is 147 Å². The second-order valence-electron chi connectivity index (χ2n) is 6.10. The van der Waals surface area contributed by atoms with Crippen molar-refractivity contribution >= 4 is 0 Å². The molecule has 2 N–H and O–H groups in total. The van der Waals surface area contributed by atoms with Gasteiger partial charge in [0, 0.05) is 36.2 Å². The van der Waals surface area contributed by atoms with Crippen molar-refractivity contribution in [2.45, 2.75) is 26.0 Å². The number of imidazole rings is 1. The van der Waals surface area contributed by atoms with Gasteiger partial charge >= 0.3 is 0 Å². The van der Waals surface area contributed by atoms with Crippen molar-refractivity contribution in [3.05, 3.63) is 83.7 Å². The average molecular weight is 339 g/mol. The van der Waals surface area contributed by atoms with Crippen molar-refractivity contribution in [3.63, 3.8) is 0 Å². The van der Waals surface area contributed by atoms with Crippen molar-refractivity contribution in [2.24, 2.45) is 0 Å². The van der Waals surface area contributed by atoms with Gasteiger partial charge in [-0.1, -0.05) is 30.3 Å². The van der Waals surface area contributed by atoms with Crippen LogP contribution < -0.4 is 5.32 Å². The number of nitrogens with one attached hydrogen (secondary N) is 1. The zero-order chi connectivity index (χ0) is 17.8. The number of aliphatic hydroxyl groups excluding tert-OH is 1. The molecule has 0 fully saturated rings. The van der Waals surface area contributed by atoms with Gasteiger partial charge in [0.25, 0.3) is 0 Å². The standard InChI is InChI=1S/C20H22FN3O/c1-14(23-13-20(25)18-5-3-4-6-19(18)21)16-7-9-17(10-8-16)24-12-11-22-15(24)2/h3-12,14,20,23,25H,13H2,1-2H3. The highest BCUT2D eigenvalue weighted by molar-refractivity contribution is 5.36. The first-order valence-corrected chi connectivity index (χ1v) is 8.32. The van der Waals surface area contributed by atoms with Crippen LogP contribution in [0, 0.1) is 12.7 Å². The highest BCUT2D eigenvalue weighted by Gasteiger charge is 2.14. The molecule has 0 aliphatic carbocycles. The maximum Gasteiger partial charge on any atom is 0.129 e. The molecule has 1 aromatic heterocycles. The number of nitrogens with zero attached hydrogens (tertiary/aromatic N) is 2. The molecule has 0 aliphatic rings. The molecule has 0 amide bonds. The minimum Gasteiger partial charge on any atom is -0.387 e. The molecule has 0 aliphatic heterocycles. The van der Waals surface area contributed by atoms with Gasteiger partial charge in [-0.3, -0.25) is 0 Å². The van der Waals surface area contributed by atoms with Crippen molar-refractivity contribution in [2.75, 3.05) is 6.54 Å².